The second-order valence-electron chi connectivity index (χ2n) is 3.79. The van der Waals surface area contributed by atoms with E-state index in [0.717, 1.165) is 11.1 Å². The third-order valence-electron chi connectivity index (χ3n) is 2.19. The molecule has 5 nitrogen and oxygen atoms in total. The summed E-state index contributed by atoms with van der Waals surface area (Å²) >= 11 is 0. The van der Waals surface area contributed by atoms with Crippen LogP contribution >= 0.6 is 0 Å². The number of amidine groups is 1. The Kier molecular flexibility index (Phi) is 7.19. The van der Waals surface area contributed by atoms with E-state index in [-0.39, 0.29) is 0 Å². The predicted molar refractivity (Wildman–Crippen MR) is 80.0 cm³/mol. The zero-order valence-corrected chi connectivity index (χ0v) is 11.9. The van der Waals surface area contributed by atoms with Crippen molar-refractivity contribution in [2.24, 2.45) is 15.7 Å². The van der Waals surface area contributed by atoms with Crippen molar-refractivity contribution >= 4 is 12.1 Å². The van der Waals surface area contributed by atoms with Gasteiger partial charge in [-0.2, -0.15) is 0 Å². The van der Waals surface area contributed by atoms with Gasteiger partial charge in [-0.3, -0.25) is 9.98 Å². The Morgan fingerprint density at radius 2 is 1.94 bits per heavy atom. The highest BCUT2D eigenvalue weighted by atomic mass is 15.0. The molecule has 0 fully saturated rings. The monoisotopic (exact) mass is 249 g/mol. The van der Waals surface area contributed by atoms with Crippen LogP contribution in [-0.2, 0) is 0 Å². The molecule has 0 aromatic heterocycles. The van der Waals surface area contributed by atoms with Gasteiger partial charge in [-0.05, 0) is 0 Å². The van der Waals surface area contributed by atoms with Gasteiger partial charge in [0.1, 0.15) is 5.84 Å². The molecule has 0 aromatic carbocycles. The largest absolute Gasteiger partial charge is 0.398 e. The fourth-order valence-electron chi connectivity index (χ4n) is 1.45. The Bertz CT molecular complexity index is 400. The molecule has 0 atom stereocenters. The quantitative estimate of drug-likeness (QED) is 0.430. The van der Waals surface area contributed by atoms with E-state index in [9.17, 15) is 0 Å². The number of likely N-dealkylation sites (N-methyl/N-ethyl adjacent to an activating group) is 1. The molecule has 3 N–H and O–H groups in total. The maximum Gasteiger partial charge on any atom is 0.129 e. The van der Waals surface area contributed by atoms with Crippen molar-refractivity contribution in [2.75, 3.05) is 35.2 Å². The van der Waals surface area contributed by atoms with Gasteiger partial charge in [0.15, 0.2) is 0 Å². The van der Waals surface area contributed by atoms with E-state index >= 15 is 0 Å². The molecule has 100 valence electrons. The molecule has 0 radical (unpaired) electrons. The standard InChI is InChI=1S/C13H23N5/c1-7-11(13(16-3)17-4)12(14)10(8-15-2)9-18(5)6/h7-9H,1,14H2,2-6H3,(H,16,17)/b10-9-,12-11-,15-8?. The molecule has 0 aliphatic carbocycles. The molecular formula is C13H23N5. The van der Waals surface area contributed by atoms with Crippen LogP contribution in [0.5, 0.6) is 0 Å². The van der Waals surface area contributed by atoms with Crippen molar-refractivity contribution in [1.82, 2.24) is 10.2 Å². The van der Waals surface area contributed by atoms with Crippen LogP contribution in [0.4, 0.5) is 0 Å². The summed E-state index contributed by atoms with van der Waals surface area (Å²) in [6.45, 7) is 3.78. The highest BCUT2D eigenvalue weighted by Gasteiger charge is 2.09. The van der Waals surface area contributed by atoms with Gasteiger partial charge in [0, 0.05) is 58.8 Å². The van der Waals surface area contributed by atoms with Crippen LogP contribution in [0, 0.1) is 0 Å². The third-order valence-corrected chi connectivity index (χ3v) is 2.19. The summed E-state index contributed by atoms with van der Waals surface area (Å²) in [5.41, 5.74) is 8.31. The summed E-state index contributed by atoms with van der Waals surface area (Å²) in [6, 6.07) is 0. The van der Waals surface area contributed by atoms with Crippen LogP contribution < -0.4 is 11.1 Å². The first-order chi connectivity index (χ1) is 8.51. The van der Waals surface area contributed by atoms with E-state index in [1.54, 1.807) is 33.4 Å². The lowest BCUT2D eigenvalue weighted by molar-refractivity contribution is 0.561. The molecule has 0 aliphatic heterocycles. The molecule has 0 aliphatic rings. The average molecular weight is 249 g/mol. The lowest BCUT2D eigenvalue weighted by Crippen LogP contribution is -2.24. The van der Waals surface area contributed by atoms with Gasteiger partial charge in [0.05, 0.1) is 5.70 Å². The highest BCUT2D eigenvalue weighted by molar-refractivity contribution is 6.03. The minimum Gasteiger partial charge on any atom is -0.398 e. The molecule has 0 saturated carbocycles. The molecule has 0 unspecified atom stereocenters. The Morgan fingerprint density at radius 3 is 2.28 bits per heavy atom. The first-order valence-corrected chi connectivity index (χ1v) is 5.59. The fraction of sp³-hybridized carbons (Fsp3) is 0.385. The maximum absolute atomic E-state index is 6.16. The number of allylic oxidation sites excluding steroid dienone is 1. The zero-order valence-electron chi connectivity index (χ0n) is 11.9. The Balaban J connectivity index is 5.76. The molecule has 0 heterocycles. The van der Waals surface area contributed by atoms with E-state index in [1.165, 1.54) is 0 Å². The number of nitrogens with zero attached hydrogens (tertiary/aromatic N) is 3. The number of aliphatic imine (C=N–C) groups is 2. The van der Waals surface area contributed by atoms with Gasteiger partial charge in [-0.15, -0.1) is 0 Å². The van der Waals surface area contributed by atoms with Gasteiger partial charge in [-0.25, -0.2) is 0 Å². The Morgan fingerprint density at radius 1 is 1.33 bits per heavy atom. The summed E-state index contributed by atoms with van der Waals surface area (Å²) in [5, 5.41) is 2.99. The molecule has 0 bridgehead atoms. The second kappa shape index (κ2) is 8.11. The van der Waals surface area contributed by atoms with Crippen molar-refractivity contribution in [1.29, 1.82) is 0 Å². The van der Waals surface area contributed by atoms with Crippen molar-refractivity contribution < 1.29 is 0 Å². The summed E-state index contributed by atoms with van der Waals surface area (Å²) in [4.78, 5) is 10.1. The first kappa shape index (κ1) is 16.0. The summed E-state index contributed by atoms with van der Waals surface area (Å²) in [5.74, 6) is 0.691. The molecule has 18 heavy (non-hydrogen) atoms. The fourth-order valence-corrected chi connectivity index (χ4v) is 1.45. The van der Waals surface area contributed by atoms with Gasteiger partial charge >= 0.3 is 0 Å². The second-order valence-corrected chi connectivity index (χ2v) is 3.79. The predicted octanol–water partition coefficient (Wildman–Crippen LogP) is 0.779. The SMILES string of the molecule is C=C/C(C(=NC)NC)=C(N)\C(C=NC)=C/N(C)C. The lowest BCUT2D eigenvalue weighted by atomic mass is 10.1. The minimum atomic E-state index is 0.583. The number of rotatable bonds is 5. The van der Waals surface area contributed by atoms with Gasteiger partial charge < -0.3 is 16.0 Å². The molecule has 0 amide bonds. The highest BCUT2D eigenvalue weighted by Crippen LogP contribution is 2.11. The van der Waals surface area contributed by atoms with Gasteiger partial charge in [0.2, 0.25) is 0 Å². The summed E-state index contributed by atoms with van der Waals surface area (Å²) < 4.78 is 0. The minimum absolute atomic E-state index is 0.583. The van der Waals surface area contributed by atoms with Crippen LogP contribution in [0.3, 0.4) is 0 Å². The third kappa shape index (κ3) is 4.45. The number of hydrogen-bond donors (Lipinski definition) is 2. The van der Waals surface area contributed by atoms with Crippen molar-refractivity contribution in [3.05, 3.63) is 35.7 Å². The van der Waals surface area contributed by atoms with Crippen molar-refractivity contribution in [3.63, 3.8) is 0 Å². The van der Waals surface area contributed by atoms with E-state index < -0.39 is 0 Å². The normalized spacial score (nSPS) is 14.5. The summed E-state index contributed by atoms with van der Waals surface area (Å²) in [7, 11) is 9.06. The van der Waals surface area contributed by atoms with Crippen LogP contribution in [0.25, 0.3) is 0 Å². The van der Waals surface area contributed by atoms with E-state index in [1.807, 2.05) is 25.2 Å². The number of hydrogen-bond acceptors (Lipinski definition) is 4. The van der Waals surface area contributed by atoms with E-state index in [2.05, 4.69) is 21.9 Å². The summed E-state index contributed by atoms with van der Waals surface area (Å²) in [6.07, 6.45) is 5.29. The smallest absolute Gasteiger partial charge is 0.129 e. The van der Waals surface area contributed by atoms with Crippen LogP contribution in [-0.4, -0.2) is 52.2 Å². The molecular weight excluding hydrogens is 226 g/mol. The zero-order chi connectivity index (χ0) is 14.1. The average Bonchev–Trinajstić information content (AvgIpc) is 2.34. The first-order valence-electron chi connectivity index (χ1n) is 5.59. The lowest BCUT2D eigenvalue weighted by Gasteiger charge is -2.13. The Labute approximate surface area is 109 Å². The van der Waals surface area contributed by atoms with Gasteiger partial charge in [0.25, 0.3) is 0 Å². The van der Waals surface area contributed by atoms with Crippen LogP contribution in [0.2, 0.25) is 0 Å². The van der Waals surface area contributed by atoms with Crippen molar-refractivity contribution in [2.45, 2.75) is 0 Å². The molecule has 0 saturated heterocycles. The molecule has 0 rings (SSSR count). The molecule has 5 heteroatoms. The number of nitrogens with two attached hydrogens (primary N) is 1. The van der Waals surface area contributed by atoms with Crippen LogP contribution in [0.15, 0.2) is 45.7 Å². The molecule has 0 spiro atoms. The van der Waals surface area contributed by atoms with Crippen molar-refractivity contribution in [3.8, 4) is 0 Å². The maximum atomic E-state index is 6.16. The number of nitrogens with one attached hydrogen (secondary N) is 1. The molecule has 0 aromatic rings. The van der Waals surface area contributed by atoms with E-state index in [4.69, 9.17) is 5.73 Å². The van der Waals surface area contributed by atoms with Crippen LogP contribution in [0.1, 0.15) is 0 Å². The van der Waals surface area contributed by atoms with Gasteiger partial charge in [-0.1, -0.05) is 12.7 Å². The van der Waals surface area contributed by atoms with E-state index in [0.29, 0.717) is 11.5 Å². The topological polar surface area (TPSA) is 66.0 Å². The Hall–Kier alpha value is -2.04.